The number of hydrogen-bond acceptors (Lipinski definition) is 3. The Morgan fingerprint density at radius 2 is 2.43 bits per heavy atom. The van der Waals surface area contributed by atoms with E-state index in [0.717, 1.165) is 0 Å². The van der Waals surface area contributed by atoms with Crippen LogP contribution in [0.1, 0.15) is 12.8 Å². The summed E-state index contributed by atoms with van der Waals surface area (Å²) in [6.45, 7) is 0. The Bertz CT molecular complexity index is 351. The third-order valence-corrected chi connectivity index (χ3v) is 1.57. The number of aromatic nitrogens is 1. The van der Waals surface area contributed by atoms with Crippen molar-refractivity contribution >= 4 is 17.4 Å². The molecule has 1 rings (SSSR count). The summed E-state index contributed by atoms with van der Waals surface area (Å²) in [4.78, 5) is 15.0. The number of nitrogens with one attached hydrogen (secondary N) is 1. The standard InChI is InChI=1S/C10H11N3O/c1-2-3-4-10(14)13-8-5-6-9(11)12-7-8/h1,5-7H,3-4H2,(H2,11,12)(H,13,14). The van der Waals surface area contributed by atoms with Crippen LogP contribution >= 0.6 is 0 Å². The highest BCUT2D eigenvalue weighted by atomic mass is 16.1. The van der Waals surface area contributed by atoms with E-state index >= 15 is 0 Å². The van der Waals surface area contributed by atoms with E-state index < -0.39 is 0 Å². The maximum atomic E-state index is 11.2. The highest BCUT2D eigenvalue weighted by molar-refractivity contribution is 5.90. The fourth-order valence-electron chi connectivity index (χ4n) is 0.888. The molecule has 0 saturated heterocycles. The molecule has 0 aromatic carbocycles. The van der Waals surface area contributed by atoms with Crippen molar-refractivity contribution in [2.75, 3.05) is 11.1 Å². The number of rotatable bonds is 3. The van der Waals surface area contributed by atoms with E-state index in [1.54, 1.807) is 12.1 Å². The van der Waals surface area contributed by atoms with Crippen molar-refractivity contribution in [1.29, 1.82) is 0 Å². The highest BCUT2D eigenvalue weighted by Crippen LogP contribution is 2.07. The van der Waals surface area contributed by atoms with Crippen LogP contribution in [-0.4, -0.2) is 10.9 Å². The van der Waals surface area contributed by atoms with Crippen LogP contribution in [0.25, 0.3) is 0 Å². The highest BCUT2D eigenvalue weighted by Gasteiger charge is 2.00. The molecule has 14 heavy (non-hydrogen) atoms. The van der Waals surface area contributed by atoms with Gasteiger partial charge >= 0.3 is 0 Å². The molecule has 1 amide bonds. The Labute approximate surface area is 82.5 Å². The van der Waals surface area contributed by atoms with Crippen molar-refractivity contribution in [2.24, 2.45) is 0 Å². The lowest BCUT2D eigenvalue weighted by Crippen LogP contribution is -2.10. The largest absolute Gasteiger partial charge is 0.384 e. The van der Waals surface area contributed by atoms with Crippen molar-refractivity contribution in [3.8, 4) is 12.3 Å². The number of carbonyl (C=O) groups is 1. The number of hydrogen-bond donors (Lipinski definition) is 2. The summed E-state index contributed by atoms with van der Waals surface area (Å²) in [7, 11) is 0. The van der Waals surface area contributed by atoms with Crippen LogP contribution < -0.4 is 11.1 Å². The minimum atomic E-state index is -0.116. The van der Waals surface area contributed by atoms with Crippen LogP contribution in [0.3, 0.4) is 0 Å². The van der Waals surface area contributed by atoms with Gasteiger partial charge in [-0.1, -0.05) is 0 Å². The van der Waals surface area contributed by atoms with Crippen LogP contribution in [0, 0.1) is 12.3 Å². The molecule has 4 heteroatoms. The van der Waals surface area contributed by atoms with Gasteiger partial charge in [0, 0.05) is 12.8 Å². The van der Waals surface area contributed by atoms with Gasteiger partial charge < -0.3 is 11.1 Å². The molecule has 72 valence electrons. The van der Waals surface area contributed by atoms with Gasteiger partial charge in [0.1, 0.15) is 5.82 Å². The van der Waals surface area contributed by atoms with E-state index in [1.807, 2.05) is 0 Å². The fourth-order valence-corrected chi connectivity index (χ4v) is 0.888. The summed E-state index contributed by atoms with van der Waals surface area (Å²) in [5.41, 5.74) is 6.01. The minimum Gasteiger partial charge on any atom is -0.384 e. The average molecular weight is 189 g/mol. The first-order valence-corrected chi connectivity index (χ1v) is 4.17. The summed E-state index contributed by atoms with van der Waals surface area (Å²) in [5, 5.41) is 2.65. The molecule has 1 heterocycles. The first kappa shape index (κ1) is 10.1. The second-order valence-corrected chi connectivity index (χ2v) is 2.72. The summed E-state index contributed by atoms with van der Waals surface area (Å²) < 4.78 is 0. The zero-order valence-corrected chi connectivity index (χ0v) is 7.66. The molecule has 1 aromatic heterocycles. The van der Waals surface area contributed by atoms with Gasteiger partial charge in [0.15, 0.2) is 0 Å². The predicted octanol–water partition coefficient (Wildman–Crippen LogP) is 1.02. The van der Waals surface area contributed by atoms with E-state index in [0.29, 0.717) is 24.3 Å². The first-order valence-electron chi connectivity index (χ1n) is 4.17. The van der Waals surface area contributed by atoms with Crippen molar-refractivity contribution in [3.05, 3.63) is 18.3 Å². The number of nitrogens with two attached hydrogens (primary N) is 1. The van der Waals surface area contributed by atoms with Gasteiger partial charge in [0.2, 0.25) is 5.91 Å². The molecule has 0 bridgehead atoms. The second kappa shape index (κ2) is 4.87. The Balaban J connectivity index is 2.49. The Hall–Kier alpha value is -2.02. The summed E-state index contributed by atoms with van der Waals surface area (Å²) in [6, 6.07) is 3.31. The number of pyridine rings is 1. The van der Waals surface area contributed by atoms with E-state index in [-0.39, 0.29) is 5.91 Å². The third-order valence-electron chi connectivity index (χ3n) is 1.57. The number of anilines is 2. The maximum absolute atomic E-state index is 11.2. The number of nitrogen functional groups attached to an aromatic ring is 1. The smallest absolute Gasteiger partial charge is 0.225 e. The molecule has 1 aromatic rings. The summed E-state index contributed by atoms with van der Waals surface area (Å²) in [6.07, 6.45) is 7.29. The quantitative estimate of drug-likeness (QED) is 0.697. The van der Waals surface area contributed by atoms with E-state index in [2.05, 4.69) is 16.2 Å². The van der Waals surface area contributed by atoms with E-state index in [4.69, 9.17) is 12.2 Å². The normalized spacial score (nSPS) is 9.07. The zero-order chi connectivity index (χ0) is 10.4. The topological polar surface area (TPSA) is 68.0 Å². The van der Waals surface area contributed by atoms with Crippen molar-refractivity contribution in [3.63, 3.8) is 0 Å². The first-order chi connectivity index (χ1) is 6.72. The number of nitrogens with zero attached hydrogens (tertiary/aromatic N) is 1. The number of carbonyl (C=O) groups excluding carboxylic acids is 1. The molecule has 0 saturated carbocycles. The molecule has 0 atom stereocenters. The summed E-state index contributed by atoms with van der Waals surface area (Å²) >= 11 is 0. The molecule has 0 unspecified atom stereocenters. The van der Waals surface area contributed by atoms with Crippen LogP contribution in [-0.2, 0) is 4.79 Å². The molecule has 0 spiro atoms. The summed E-state index contributed by atoms with van der Waals surface area (Å²) in [5.74, 6) is 2.70. The number of terminal acetylenes is 1. The van der Waals surface area contributed by atoms with Gasteiger partial charge in [-0.3, -0.25) is 4.79 Å². The maximum Gasteiger partial charge on any atom is 0.225 e. The Morgan fingerprint density at radius 3 is 3.00 bits per heavy atom. The fraction of sp³-hybridized carbons (Fsp3) is 0.200. The molecule has 0 aliphatic heterocycles. The Morgan fingerprint density at radius 1 is 1.64 bits per heavy atom. The third kappa shape index (κ3) is 3.15. The van der Waals surface area contributed by atoms with Crippen LogP contribution in [0.5, 0.6) is 0 Å². The lowest BCUT2D eigenvalue weighted by Gasteiger charge is -2.02. The second-order valence-electron chi connectivity index (χ2n) is 2.72. The van der Waals surface area contributed by atoms with Crippen molar-refractivity contribution < 1.29 is 4.79 Å². The average Bonchev–Trinajstić information content (AvgIpc) is 2.18. The van der Waals surface area contributed by atoms with Gasteiger partial charge in [-0.2, -0.15) is 0 Å². The lowest BCUT2D eigenvalue weighted by atomic mass is 10.3. The SMILES string of the molecule is C#CCCC(=O)Nc1ccc(N)nc1. The van der Waals surface area contributed by atoms with E-state index in [9.17, 15) is 4.79 Å². The molecular formula is C10H11N3O. The van der Waals surface area contributed by atoms with Gasteiger partial charge in [-0.05, 0) is 12.1 Å². The van der Waals surface area contributed by atoms with Crippen LogP contribution in [0.2, 0.25) is 0 Å². The van der Waals surface area contributed by atoms with Crippen molar-refractivity contribution in [1.82, 2.24) is 4.98 Å². The zero-order valence-electron chi connectivity index (χ0n) is 7.66. The number of amides is 1. The van der Waals surface area contributed by atoms with Gasteiger partial charge in [0.25, 0.3) is 0 Å². The lowest BCUT2D eigenvalue weighted by molar-refractivity contribution is -0.116. The minimum absolute atomic E-state index is 0.116. The molecular weight excluding hydrogens is 178 g/mol. The molecule has 0 aliphatic rings. The molecule has 3 N–H and O–H groups in total. The van der Waals surface area contributed by atoms with Crippen molar-refractivity contribution in [2.45, 2.75) is 12.8 Å². The molecule has 0 radical (unpaired) electrons. The van der Waals surface area contributed by atoms with Gasteiger partial charge in [-0.15, -0.1) is 12.3 Å². The van der Waals surface area contributed by atoms with E-state index in [1.165, 1.54) is 6.20 Å². The molecule has 4 nitrogen and oxygen atoms in total. The van der Waals surface area contributed by atoms with Gasteiger partial charge in [0.05, 0.1) is 11.9 Å². The van der Waals surface area contributed by atoms with Crippen LogP contribution in [0.4, 0.5) is 11.5 Å². The molecule has 0 fully saturated rings. The monoisotopic (exact) mass is 189 g/mol. The van der Waals surface area contributed by atoms with Crippen LogP contribution in [0.15, 0.2) is 18.3 Å². The van der Waals surface area contributed by atoms with Gasteiger partial charge in [-0.25, -0.2) is 4.98 Å². The molecule has 0 aliphatic carbocycles. The predicted molar refractivity (Wildman–Crippen MR) is 55.3 cm³/mol. The Kier molecular flexibility index (Phi) is 3.50.